The van der Waals surface area contributed by atoms with Crippen LogP contribution in [0.3, 0.4) is 0 Å². The van der Waals surface area contributed by atoms with Crippen LogP contribution in [-0.4, -0.2) is 50.6 Å². The number of likely N-dealkylation sites (tertiary alicyclic amines) is 1. The van der Waals surface area contributed by atoms with Gasteiger partial charge in [-0.1, -0.05) is 29.8 Å². The minimum absolute atomic E-state index is 0.201. The van der Waals surface area contributed by atoms with Gasteiger partial charge in [-0.15, -0.1) is 4.40 Å². The highest BCUT2D eigenvalue weighted by Crippen LogP contribution is 2.30. The Hall–Kier alpha value is -3.00. The lowest BCUT2D eigenvalue weighted by Gasteiger charge is -2.32. The summed E-state index contributed by atoms with van der Waals surface area (Å²) in [5.74, 6) is -0.476. The van der Waals surface area contributed by atoms with Gasteiger partial charge >= 0.3 is 5.97 Å². The average Bonchev–Trinajstić information content (AvgIpc) is 3.02. The predicted octanol–water partition coefficient (Wildman–Crippen LogP) is 3.20. The number of Topliss-reactive ketones (excluding diaryl/α,β-unsaturated/α-hetero) is 1. The molecule has 2 aromatic carbocycles. The molecule has 0 unspecified atom stereocenters. The van der Waals surface area contributed by atoms with Gasteiger partial charge < -0.3 is 9.64 Å². The van der Waals surface area contributed by atoms with Crippen molar-refractivity contribution in [2.75, 3.05) is 19.7 Å². The van der Waals surface area contributed by atoms with Gasteiger partial charge in [0.15, 0.2) is 12.4 Å². The summed E-state index contributed by atoms with van der Waals surface area (Å²) >= 11 is 0. The third-order valence-electron chi connectivity index (χ3n) is 6.04. The molecule has 0 radical (unpaired) electrons. The molecule has 0 amide bonds. The van der Waals surface area contributed by atoms with Gasteiger partial charge in [0, 0.05) is 24.2 Å². The highest BCUT2D eigenvalue weighted by molar-refractivity contribution is 7.90. The summed E-state index contributed by atoms with van der Waals surface area (Å²) in [7, 11) is -3.67. The number of aryl methyl sites for hydroxylation is 3. The quantitative estimate of drug-likeness (QED) is 0.520. The van der Waals surface area contributed by atoms with E-state index in [9.17, 15) is 18.0 Å². The molecule has 0 saturated carbocycles. The summed E-state index contributed by atoms with van der Waals surface area (Å²) in [4.78, 5) is 27.3. The molecule has 32 heavy (non-hydrogen) atoms. The smallest absolute Gasteiger partial charge is 0.309 e. The second kappa shape index (κ2) is 8.50. The van der Waals surface area contributed by atoms with Crippen molar-refractivity contribution in [2.24, 2.45) is 10.3 Å². The maximum atomic E-state index is 12.6. The Kier molecular flexibility index (Phi) is 5.90. The first kappa shape index (κ1) is 22.2. The van der Waals surface area contributed by atoms with E-state index in [0.29, 0.717) is 42.9 Å². The molecule has 0 atom stereocenters. The first-order valence-corrected chi connectivity index (χ1v) is 12.1. The van der Waals surface area contributed by atoms with E-state index in [1.807, 2.05) is 37.8 Å². The molecule has 2 aromatic rings. The number of esters is 1. The van der Waals surface area contributed by atoms with E-state index in [-0.39, 0.29) is 29.2 Å². The molecule has 1 fully saturated rings. The predicted molar refractivity (Wildman–Crippen MR) is 120 cm³/mol. The van der Waals surface area contributed by atoms with Crippen LogP contribution in [0.5, 0.6) is 0 Å². The standard InChI is InChI=1S/C24H26N2O5S/c1-15-12-16(2)22(17(3)13-15)20(27)14-31-24(28)18-8-10-26(11-9-18)23-19-6-4-5-7-21(19)32(29,30)25-23/h4-7,12-13,18H,8-11,14H2,1-3H3. The normalized spacial score (nSPS) is 17.6. The number of hydrogen-bond acceptors (Lipinski definition) is 6. The summed E-state index contributed by atoms with van der Waals surface area (Å²) in [5.41, 5.74) is 4.05. The molecule has 0 spiro atoms. The molecule has 0 aliphatic carbocycles. The van der Waals surface area contributed by atoms with Gasteiger partial charge in [0.05, 0.1) is 5.92 Å². The molecule has 4 rings (SSSR count). The molecule has 0 bridgehead atoms. The van der Waals surface area contributed by atoms with E-state index in [1.165, 1.54) is 0 Å². The van der Waals surface area contributed by atoms with Gasteiger partial charge in [-0.25, -0.2) is 0 Å². The summed E-state index contributed by atoms with van der Waals surface area (Å²) in [6.07, 6.45) is 1.02. The second-order valence-corrected chi connectivity index (χ2v) is 10.0. The number of fused-ring (bicyclic) bond motifs is 1. The van der Waals surface area contributed by atoms with E-state index < -0.39 is 10.0 Å². The lowest BCUT2D eigenvalue weighted by atomic mass is 9.96. The molecular weight excluding hydrogens is 428 g/mol. The fourth-order valence-electron chi connectivity index (χ4n) is 4.59. The summed E-state index contributed by atoms with van der Waals surface area (Å²) in [6.45, 7) is 6.46. The Bertz CT molecular complexity index is 1200. The Morgan fingerprint density at radius 2 is 1.69 bits per heavy atom. The van der Waals surface area contributed by atoms with Crippen molar-refractivity contribution < 1.29 is 22.7 Å². The largest absolute Gasteiger partial charge is 0.457 e. The van der Waals surface area contributed by atoms with Crippen LogP contribution < -0.4 is 0 Å². The van der Waals surface area contributed by atoms with E-state index in [2.05, 4.69) is 4.40 Å². The number of sulfonamides is 1. The molecule has 8 heteroatoms. The van der Waals surface area contributed by atoms with Gasteiger partial charge in [-0.05, 0) is 56.9 Å². The van der Waals surface area contributed by atoms with Crippen molar-refractivity contribution in [1.82, 2.24) is 4.90 Å². The topological polar surface area (TPSA) is 93.1 Å². The lowest BCUT2D eigenvalue weighted by Crippen LogP contribution is -2.40. The van der Waals surface area contributed by atoms with Gasteiger partial charge in [0.25, 0.3) is 10.0 Å². The molecule has 1 saturated heterocycles. The monoisotopic (exact) mass is 454 g/mol. The third-order valence-corrected chi connectivity index (χ3v) is 7.37. The lowest BCUT2D eigenvalue weighted by molar-refractivity contribution is -0.148. The minimum Gasteiger partial charge on any atom is -0.457 e. The van der Waals surface area contributed by atoms with Gasteiger partial charge in [0.1, 0.15) is 4.90 Å². The fourth-order valence-corrected chi connectivity index (χ4v) is 5.82. The van der Waals surface area contributed by atoms with Crippen molar-refractivity contribution in [3.05, 3.63) is 64.2 Å². The molecule has 2 aliphatic rings. The Balaban J connectivity index is 1.35. The van der Waals surface area contributed by atoms with Crippen LogP contribution >= 0.6 is 0 Å². The molecule has 0 aromatic heterocycles. The number of benzene rings is 2. The van der Waals surface area contributed by atoms with Gasteiger partial charge in [-0.3, -0.25) is 9.59 Å². The maximum Gasteiger partial charge on any atom is 0.309 e. The van der Waals surface area contributed by atoms with E-state index >= 15 is 0 Å². The van der Waals surface area contributed by atoms with Crippen LogP contribution in [-0.2, 0) is 19.6 Å². The Morgan fingerprint density at radius 1 is 1.06 bits per heavy atom. The second-order valence-electron chi connectivity index (χ2n) is 8.45. The van der Waals surface area contributed by atoms with Crippen LogP contribution in [0.25, 0.3) is 0 Å². The number of nitrogens with zero attached hydrogens (tertiary/aromatic N) is 2. The molecule has 0 N–H and O–H groups in total. The highest BCUT2D eigenvalue weighted by atomic mass is 32.2. The van der Waals surface area contributed by atoms with Crippen molar-refractivity contribution in [2.45, 2.75) is 38.5 Å². The first-order valence-electron chi connectivity index (χ1n) is 10.6. The van der Waals surface area contributed by atoms with Crippen LogP contribution in [0.1, 0.15) is 45.5 Å². The van der Waals surface area contributed by atoms with Crippen molar-refractivity contribution in [3.8, 4) is 0 Å². The van der Waals surface area contributed by atoms with Crippen molar-refractivity contribution in [3.63, 3.8) is 0 Å². The number of carbonyl (C=O) groups is 2. The van der Waals surface area contributed by atoms with E-state index in [4.69, 9.17) is 4.74 Å². The van der Waals surface area contributed by atoms with Gasteiger partial charge in [0.2, 0.25) is 5.78 Å². The summed E-state index contributed by atoms with van der Waals surface area (Å²) in [5, 5.41) is 0. The number of rotatable bonds is 4. The van der Waals surface area contributed by atoms with Crippen molar-refractivity contribution in [1.29, 1.82) is 0 Å². The number of piperidine rings is 1. The number of ketones is 1. The van der Waals surface area contributed by atoms with Crippen molar-refractivity contribution >= 4 is 27.6 Å². The molecular formula is C24H26N2O5S. The van der Waals surface area contributed by atoms with Crippen LogP contribution in [0, 0.1) is 26.7 Å². The minimum atomic E-state index is -3.67. The van der Waals surface area contributed by atoms with E-state index in [0.717, 1.165) is 16.7 Å². The third kappa shape index (κ3) is 4.19. The average molecular weight is 455 g/mol. The molecule has 2 heterocycles. The molecule has 168 valence electrons. The number of amidine groups is 1. The van der Waals surface area contributed by atoms with Crippen LogP contribution in [0.15, 0.2) is 45.7 Å². The fraction of sp³-hybridized carbons (Fsp3) is 0.375. The zero-order valence-electron chi connectivity index (χ0n) is 18.4. The molecule has 2 aliphatic heterocycles. The van der Waals surface area contributed by atoms with Crippen LogP contribution in [0.4, 0.5) is 0 Å². The number of hydrogen-bond donors (Lipinski definition) is 0. The number of ether oxygens (including phenoxy) is 1. The SMILES string of the molecule is Cc1cc(C)c(C(=O)COC(=O)C2CCN(C3=NS(=O)(=O)c4ccccc43)CC2)c(C)c1. The highest BCUT2D eigenvalue weighted by Gasteiger charge is 2.35. The maximum absolute atomic E-state index is 12.6. The zero-order valence-corrected chi connectivity index (χ0v) is 19.2. The van der Waals surface area contributed by atoms with E-state index in [1.54, 1.807) is 24.3 Å². The zero-order chi connectivity index (χ0) is 23.0. The molecule has 7 nitrogen and oxygen atoms in total. The first-order chi connectivity index (χ1) is 15.2. The summed E-state index contributed by atoms with van der Waals surface area (Å²) < 4.78 is 33.9. The summed E-state index contributed by atoms with van der Waals surface area (Å²) in [6, 6.07) is 10.7. The Labute approximate surface area is 188 Å². The van der Waals surface area contributed by atoms with Crippen LogP contribution in [0.2, 0.25) is 0 Å². The Morgan fingerprint density at radius 3 is 2.34 bits per heavy atom. The van der Waals surface area contributed by atoms with Gasteiger partial charge in [-0.2, -0.15) is 8.42 Å². The number of carbonyl (C=O) groups excluding carboxylic acids is 2.